The van der Waals surface area contributed by atoms with Crippen LogP contribution in [0.3, 0.4) is 0 Å². The fraction of sp³-hybridized carbons (Fsp3) is 0.500. The number of hydrogen-bond acceptors (Lipinski definition) is 3. The van der Waals surface area contributed by atoms with Crippen molar-refractivity contribution in [2.45, 2.75) is 19.1 Å². The fourth-order valence-electron chi connectivity index (χ4n) is 2.71. The van der Waals surface area contributed by atoms with Gasteiger partial charge in [-0.3, -0.25) is 4.79 Å². The van der Waals surface area contributed by atoms with Crippen LogP contribution in [0.5, 0.6) is 5.75 Å². The first kappa shape index (κ1) is 12.8. The van der Waals surface area contributed by atoms with Gasteiger partial charge in [-0.25, -0.2) is 0 Å². The maximum atomic E-state index is 12.0. The molecule has 3 atom stereocenters. The lowest BCUT2D eigenvalue weighted by Crippen LogP contribution is -2.40. The normalized spacial score (nSPS) is 29.5. The molecular formula is C14H17ClN2O2. The van der Waals surface area contributed by atoms with Gasteiger partial charge in [-0.05, 0) is 37.0 Å². The molecule has 1 heterocycles. The van der Waals surface area contributed by atoms with Crippen molar-refractivity contribution >= 4 is 17.5 Å². The van der Waals surface area contributed by atoms with Crippen LogP contribution in [0.15, 0.2) is 24.3 Å². The number of hydrogen-bond donors (Lipinski definition) is 2. The number of amides is 1. The summed E-state index contributed by atoms with van der Waals surface area (Å²) in [4.78, 5) is 12.0. The van der Waals surface area contributed by atoms with Gasteiger partial charge in [-0.2, -0.15) is 0 Å². The Labute approximate surface area is 117 Å². The van der Waals surface area contributed by atoms with Gasteiger partial charge < -0.3 is 15.4 Å². The van der Waals surface area contributed by atoms with Gasteiger partial charge in [-0.1, -0.05) is 17.7 Å². The highest BCUT2D eigenvalue weighted by Gasteiger charge is 2.53. The van der Waals surface area contributed by atoms with Crippen LogP contribution in [0.1, 0.15) is 6.92 Å². The Balaban J connectivity index is 1.52. The Morgan fingerprint density at radius 3 is 2.89 bits per heavy atom. The van der Waals surface area contributed by atoms with Crippen LogP contribution >= 0.6 is 11.6 Å². The summed E-state index contributed by atoms with van der Waals surface area (Å²) in [5, 5.41) is 6.96. The number of carbonyl (C=O) groups excluding carboxylic acids is 1. The predicted octanol–water partition coefficient (Wildman–Crippen LogP) is 1.44. The highest BCUT2D eigenvalue weighted by molar-refractivity contribution is 6.30. The van der Waals surface area contributed by atoms with Crippen molar-refractivity contribution in [2.24, 2.45) is 11.8 Å². The maximum Gasteiger partial charge on any atom is 0.261 e. The van der Waals surface area contributed by atoms with Crippen molar-refractivity contribution in [2.75, 3.05) is 13.1 Å². The summed E-state index contributed by atoms with van der Waals surface area (Å²) < 4.78 is 5.60. The van der Waals surface area contributed by atoms with E-state index in [2.05, 4.69) is 10.6 Å². The zero-order chi connectivity index (χ0) is 13.4. The molecule has 2 fully saturated rings. The monoisotopic (exact) mass is 280 g/mol. The van der Waals surface area contributed by atoms with E-state index in [1.807, 2.05) is 0 Å². The van der Waals surface area contributed by atoms with E-state index >= 15 is 0 Å². The average molecular weight is 281 g/mol. The first-order chi connectivity index (χ1) is 9.15. The van der Waals surface area contributed by atoms with Gasteiger partial charge in [-0.15, -0.1) is 0 Å². The molecule has 1 aromatic carbocycles. The van der Waals surface area contributed by atoms with Gasteiger partial charge in [0.2, 0.25) is 0 Å². The van der Waals surface area contributed by atoms with E-state index in [4.69, 9.17) is 16.3 Å². The van der Waals surface area contributed by atoms with E-state index in [0.29, 0.717) is 28.6 Å². The van der Waals surface area contributed by atoms with Gasteiger partial charge >= 0.3 is 0 Å². The number of carbonyl (C=O) groups is 1. The van der Waals surface area contributed by atoms with Crippen molar-refractivity contribution in [3.05, 3.63) is 29.3 Å². The maximum absolute atomic E-state index is 12.0. The molecule has 4 nitrogen and oxygen atoms in total. The summed E-state index contributed by atoms with van der Waals surface area (Å²) in [5.41, 5.74) is 0. The molecule has 0 aromatic heterocycles. The lowest BCUT2D eigenvalue weighted by Gasteiger charge is -2.15. The number of halogens is 1. The predicted molar refractivity (Wildman–Crippen MR) is 73.3 cm³/mol. The molecule has 102 valence electrons. The Hall–Kier alpha value is -1.26. The number of rotatable bonds is 4. The lowest BCUT2D eigenvalue weighted by atomic mass is 10.3. The van der Waals surface area contributed by atoms with E-state index in [1.54, 1.807) is 31.2 Å². The topological polar surface area (TPSA) is 50.4 Å². The second-order valence-electron chi connectivity index (χ2n) is 5.24. The third-order valence-electron chi connectivity index (χ3n) is 3.88. The summed E-state index contributed by atoms with van der Waals surface area (Å²) in [6, 6.07) is 7.42. The first-order valence-corrected chi connectivity index (χ1v) is 6.96. The van der Waals surface area contributed by atoms with Crippen LogP contribution in [0.25, 0.3) is 0 Å². The molecular weight excluding hydrogens is 264 g/mol. The highest BCUT2D eigenvalue weighted by atomic mass is 35.5. The molecule has 5 heteroatoms. The minimum atomic E-state index is -0.507. The minimum Gasteiger partial charge on any atom is -0.481 e. The quantitative estimate of drug-likeness (QED) is 0.878. The first-order valence-electron chi connectivity index (χ1n) is 6.58. The summed E-state index contributed by atoms with van der Waals surface area (Å²) in [6.45, 7) is 3.78. The van der Waals surface area contributed by atoms with Crippen LogP contribution in [-0.4, -0.2) is 31.1 Å². The van der Waals surface area contributed by atoms with Crippen molar-refractivity contribution in [1.29, 1.82) is 0 Å². The van der Waals surface area contributed by atoms with E-state index in [0.717, 1.165) is 13.1 Å². The second kappa shape index (κ2) is 5.02. The Kier molecular flexibility index (Phi) is 3.37. The molecule has 19 heavy (non-hydrogen) atoms. The van der Waals surface area contributed by atoms with E-state index in [1.165, 1.54) is 0 Å². The number of nitrogens with one attached hydrogen (secondary N) is 2. The molecule has 2 N–H and O–H groups in total. The smallest absolute Gasteiger partial charge is 0.261 e. The Bertz CT molecular complexity index is 484. The van der Waals surface area contributed by atoms with Crippen LogP contribution < -0.4 is 15.4 Å². The molecule has 1 aromatic rings. The minimum absolute atomic E-state index is 0.0561. The molecule has 1 saturated carbocycles. The lowest BCUT2D eigenvalue weighted by molar-refractivity contribution is -0.127. The standard InChI is InChI=1S/C14H17ClN2O2/c1-8(19-10-4-2-3-9(15)5-10)14(18)17-13-11-6-16-7-12(11)13/h2-5,8,11-13,16H,6-7H2,1H3,(H,17,18). The van der Waals surface area contributed by atoms with E-state index in [9.17, 15) is 4.79 Å². The van der Waals surface area contributed by atoms with E-state index in [-0.39, 0.29) is 5.91 Å². The molecule has 1 saturated heterocycles. The second-order valence-corrected chi connectivity index (χ2v) is 5.67. The largest absolute Gasteiger partial charge is 0.481 e. The van der Waals surface area contributed by atoms with Crippen molar-refractivity contribution < 1.29 is 9.53 Å². The van der Waals surface area contributed by atoms with E-state index < -0.39 is 6.10 Å². The van der Waals surface area contributed by atoms with Gasteiger partial charge in [0.1, 0.15) is 5.75 Å². The molecule has 1 aliphatic heterocycles. The molecule has 3 rings (SSSR count). The van der Waals surface area contributed by atoms with Gasteiger partial charge in [0.05, 0.1) is 0 Å². The third-order valence-corrected chi connectivity index (χ3v) is 4.11. The molecule has 0 spiro atoms. The number of fused-ring (bicyclic) bond motifs is 1. The summed E-state index contributed by atoms with van der Waals surface area (Å²) in [6.07, 6.45) is -0.507. The summed E-state index contributed by atoms with van der Waals surface area (Å²) in [7, 11) is 0. The van der Waals surface area contributed by atoms with Gasteiger partial charge in [0, 0.05) is 24.2 Å². The third kappa shape index (κ3) is 2.69. The molecule has 2 aliphatic rings. The van der Waals surface area contributed by atoms with Gasteiger partial charge in [0.15, 0.2) is 6.10 Å². The Morgan fingerprint density at radius 1 is 1.47 bits per heavy atom. The molecule has 0 radical (unpaired) electrons. The SMILES string of the molecule is CC(Oc1cccc(Cl)c1)C(=O)NC1C2CNCC21. The zero-order valence-electron chi connectivity index (χ0n) is 10.7. The summed E-state index contributed by atoms with van der Waals surface area (Å²) in [5.74, 6) is 1.79. The molecule has 1 amide bonds. The molecule has 1 aliphatic carbocycles. The average Bonchev–Trinajstić information content (AvgIpc) is 2.83. The van der Waals surface area contributed by atoms with Crippen LogP contribution in [0, 0.1) is 11.8 Å². The van der Waals surface area contributed by atoms with Crippen LogP contribution in [0.4, 0.5) is 0 Å². The Morgan fingerprint density at radius 2 is 2.21 bits per heavy atom. The highest BCUT2D eigenvalue weighted by Crippen LogP contribution is 2.41. The van der Waals surface area contributed by atoms with Crippen molar-refractivity contribution in [1.82, 2.24) is 10.6 Å². The number of ether oxygens (including phenoxy) is 1. The fourth-order valence-corrected chi connectivity index (χ4v) is 2.89. The number of benzene rings is 1. The van der Waals surface area contributed by atoms with Crippen molar-refractivity contribution in [3.8, 4) is 5.75 Å². The van der Waals surface area contributed by atoms with Crippen molar-refractivity contribution in [3.63, 3.8) is 0 Å². The zero-order valence-corrected chi connectivity index (χ0v) is 11.5. The molecule has 3 unspecified atom stereocenters. The van der Waals surface area contributed by atoms with Crippen LogP contribution in [-0.2, 0) is 4.79 Å². The number of piperidine rings is 1. The molecule has 0 bridgehead atoms. The summed E-state index contributed by atoms with van der Waals surface area (Å²) >= 11 is 5.88. The van der Waals surface area contributed by atoms with Crippen LogP contribution in [0.2, 0.25) is 5.02 Å². The van der Waals surface area contributed by atoms with Gasteiger partial charge in [0.25, 0.3) is 5.91 Å².